The van der Waals surface area contributed by atoms with Crippen LogP contribution < -0.4 is 5.32 Å². The van der Waals surface area contributed by atoms with E-state index in [0.717, 1.165) is 28.1 Å². The lowest BCUT2D eigenvalue weighted by atomic mass is 9.98. The molecule has 2 atom stereocenters. The van der Waals surface area contributed by atoms with Crippen molar-refractivity contribution in [1.29, 1.82) is 0 Å². The van der Waals surface area contributed by atoms with Gasteiger partial charge in [-0.1, -0.05) is 31.2 Å². The molecule has 0 saturated heterocycles. The van der Waals surface area contributed by atoms with Crippen molar-refractivity contribution in [1.82, 2.24) is 15.5 Å². The summed E-state index contributed by atoms with van der Waals surface area (Å²) in [5, 5.41) is 20.2. The molecule has 1 aromatic heterocycles. The van der Waals surface area contributed by atoms with E-state index in [9.17, 15) is 9.90 Å². The molecule has 1 heterocycles. The molecular formula is C18H25N3O2. The zero-order valence-corrected chi connectivity index (χ0v) is 14.2. The van der Waals surface area contributed by atoms with Gasteiger partial charge in [0.05, 0.1) is 11.8 Å². The van der Waals surface area contributed by atoms with Crippen LogP contribution in [0.3, 0.4) is 0 Å². The molecule has 0 spiro atoms. The van der Waals surface area contributed by atoms with Crippen LogP contribution in [0.25, 0.3) is 0 Å². The summed E-state index contributed by atoms with van der Waals surface area (Å²) >= 11 is 0. The Morgan fingerprint density at radius 1 is 1.30 bits per heavy atom. The number of rotatable bonds is 6. The van der Waals surface area contributed by atoms with Crippen molar-refractivity contribution >= 4 is 5.91 Å². The number of aryl methyl sites for hydroxylation is 3. The number of aliphatic hydroxyl groups is 1. The van der Waals surface area contributed by atoms with E-state index in [0.29, 0.717) is 6.42 Å². The summed E-state index contributed by atoms with van der Waals surface area (Å²) in [4.78, 5) is 12.3. The number of hydrogen-bond acceptors (Lipinski definition) is 3. The molecule has 2 aromatic rings. The smallest absolute Gasteiger partial charge is 0.223 e. The van der Waals surface area contributed by atoms with Crippen molar-refractivity contribution in [3.8, 4) is 0 Å². The largest absolute Gasteiger partial charge is 0.387 e. The summed E-state index contributed by atoms with van der Waals surface area (Å²) in [5.41, 5.74) is 4.89. The number of H-pyrrole nitrogens is 1. The molecule has 0 saturated carbocycles. The Morgan fingerprint density at radius 3 is 2.61 bits per heavy atom. The number of benzene rings is 1. The van der Waals surface area contributed by atoms with Crippen molar-refractivity contribution in [3.63, 3.8) is 0 Å². The van der Waals surface area contributed by atoms with Crippen LogP contribution in [0.4, 0.5) is 0 Å². The van der Waals surface area contributed by atoms with Crippen LogP contribution in [0.1, 0.15) is 41.1 Å². The summed E-state index contributed by atoms with van der Waals surface area (Å²) < 4.78 is 0. The number of carbonyl (C=O) groups is 1. The van der Waals surface area contributed by atoms with Gasteiger partial charge in [0.1, 0.15) is 0 Å². The molecule has 2 rings (SSSR count). The van der Waals surface area contributed by atoms with Gasteiger partial charge in [-0.25, -0.2) is 0 Å². The quantitative estimate of drug-likeness (QED) is 0.766. The fraction of sp³-hybridized carbons (Fsp3) is 0.444. The maximum atomic E-state index is 12.3. The maximum absolute atomic E-state index is 12.3. The summed E-state index contributed by atoms with van der Waals surface area (Å²) in [6.45, 7) is 7.96. The topological polar surface area (TPSA) is 78.0 Å². The number of aliphatic hydroxyl groups excluding tert-OH is 1. The fourth-order valence-corrected chi connectivity index (χ4v) is 2.72. The van der Waals surface area contributed by atoms with Gasteiger partial charge in [-0.05, 0) is 43.9 Å². The number of aromatic amines is 1. The highest BCUT2D eigenvalue weighted by atomic mass is 16.3. The number of aromatic nitrogens is 2. The number of amides is 1. The van der Waals surface area contributed by atoms with Crippen LogP contribution in [0.2, 0.25) is 0 Å². The van der Waals surface area contributed by atoms with E-state index in [1.54, 1.807) is 0 Å². The highest BCUT2D eigenvalue weighted by Gasteiger charge is 2.18. The van der Waals surface area contributed by atoms with Crippen LogP contribution in [-0.4, -0.2) is 27.8 Å². The van der Waals surface area contributed by atoms with E-state index in [-0.39, 0.29) is 18.4 Å². The molecule has 1 amide bonds. The van der Waals surface area contributed by atoms with Crippen LogP contribution in [0.15, 0.2) is 24.3 Å². The van der Waals surface area contributed by atoms with Crippen molar-refractivity contribution in [2.75, 3.05) is 6.54 Å². The SMILES string of the molecule is Cc1ccccc1C(O)CNC(=O)C(C)Cc1c(C)n[nH]c1C. The molecule has 2 unspecified atom stereocenters. The highest BCUT2D eigenvalue weighted by molar-refractivity contribution is 5.78. The second-order valence-electron chi connectivity index (χ2n) is 6.14. The van der Waals surface area contributed by atoms with Gasteiger partial charge < -0.3 is 10.4 Å². The Hall–Kier alpha value is -2.14. The zero-order valence-electron chi connectivity index (χ0n) is 14.2. The monoisotopic (exact) mass is 315 g/mol. The van der Waals surface area contributed by atoms with Gasteiger partial charge in [0, 0.05) is 18.2 Å². The minimum atomic E-state index is -0.690. The molecular weight excluding hydrogens is 290 g/mol. The third-order valence-electron chi connectivity index (χ3n) is 4.26. The summed E-state index contributed by atoms with van der Waals surface area (Å²) in [6, 6.07) is 7.66. The van der Waals surface area contributed by atoms with Crippen molar-refractivity contribution in [2.45, 2.75) is 40.2 Å². The Labute approximate surface area is 137 Å². The number of nitrogens with zero attached hydrogens (tertiary/aromatic N) is 1. The lowest BCUT2D eigenvalue weighted by Crippen LogP contribution is -2.33. The van der Waals surface area contributed by atoms with Gasteiger partial charge in [0.15, 0.2) is 0 Å². The third-order valence-corrected chi connectivity index (χ3v) is 4.26. The Morgan fingerprint density at radius 2 is 2.00 bits per heavy atom. The minimum absolute atomic E-state index is 0.0577. The van der Waals surface area contributed by atoms with Gasteiger partial charge in [-0.2, -0.15) is 5.10 Å². The first-order valence-corrected chi connectivity index (χ1v) is 7.92. The van der Waals surface area contributed by atoms with Crippen LogP contribution >= 0.6 is 0 Å². The van der Waals surface area contributed by atoms with Gasteiger partial charge in [-0.15, -0.1) is 0 Å². The van der Waals surface area contributed by atoms with E-state index in [1.165, 1.54) is 0 Å². The van der Waals surface area contributed by atoms with Crippen molar-refractivity contribution in [3.05, 3.63) is 52.3 Å². The predicted molar refractivity (Wildman–Crippen MR) is 90.1 cm³/mol. The van der Waals surface area contributed by atoms with Crippen LogP contribution in [0, 0.1) is 26.7 Å². The van der Waals surface area contributed by atoms with Crippen molar-refractivity contribution < 1.29 is 9.90 Å². The lowest BCUT2D eigenvalue weighted by Gasteiger charge is -2.17. The lowest BCUT2D eigenvalue weighted by molar-refractivity contribution is -0.124. The Bertz CT molecular complexity index is 659. The summed E-state index contributed by atoms with van der Waals surface area (Å²) in [6.07, 6.45) is -0.0507. The number of hydrogen-bond donors (Lipinski definition) is 3. The average molecular weight is 315 g/mol. The molecule has 1 aromatic carbocycles. The molecule has 0 bridgehead atoms. The maximum Gasteiger partial charge on any atom is 0.223 e. The van der Waals surface area contributed by atoms with Gasteiger partial charge in [0.2, 0.25) is 5.91 Å². The summed E-state index contributed by atoms with van der Waals surface area (Å²) in [7, 11) is 0. The molecule has 5 heteroatoms. The second-order valence-corrected chi connectivity index (χ2v) is 6.14. The summed E-state index contributed by atoms with van der Waals surface area (Å²) in [5.74, 6) is -0.230. The molecule has 0 aliphatic heterocycles. The van der Waals surface area contributed by atoms with Gasteiger partial charge in [-0.3, -0.25) is 9.89 Å². The standard InChI is InChI=1S/C18H25N3O2/c1-11-7-5-6-8-15(11)17(22)10-19-18(23)12(2)9-16-13(3)20-21-14(16)4/h5-8,12,17,22H,9-10H2,1-4H3,(H,19,23)(H,20,21). The second kappa shape index (κ2) is 7.42. The first-order chi connectivity index (χ1) is 10.9. The molecule has 0 aliphatic rings. The predicted octanol–water partition coefficient (Wildman–Crippen LogP) is 2.36. The van der Waals surface area contributed by atoms with E-state index in [4.69, 9.17) is 0 Å². The first kappa shape index (κ1) is 17.2. The number of nitrogens with one attached hydrogen (secondary N) is 2. The first-order valence-electron chi connectivity index (χ1n) is 7.92. The molecule has 3 N–H and O–H groups in total. The Kier molecular flexibility index (Phi) is 5.55. The Balaban J connectivity index is 1.90. The zero-order chi connectivity index (χ0) is 17.0. The van der Waals surface area contributed by atoms with Crippen molar-refractivity contribution in [2.24, 2.45) is 5.92 Å². The molecule has 0 aliphatic carbocycles. The van der Waals surface area contributed by atoms with E-state index >= 15 is 0 Å². The third kappa shape index (κ3) is 4.20. The number of carbonyl (C=O) groups excluding carboxylic acids is 1. The molecule has 23 heavy (non-hydrogen) atoms. The molecule has 0 fully saturated rings. The molecule has 0 radical (unpaired) electrons. The van der Waals surface area contributed by atoms with E-state index in [1.807, 2.05) is 52.0 Å². The average Bonchev–Trinajstić information content (AvgIpc) is 2.84. The van der Waals surface area contributed by atoms with Gasteiger partial charge in [0.25, 0.3) is 0 Å². The minimum Gasteiger partial charge on any atom is -0.387 e. The molecule has 124 valence electrons. The fourth-order valence-electron chi connectivity index (χ4n) is 2.72. The van der Waals surface area contributed by atoms with Gasteiger partial charge >= 0.3 is 0 Å². The van der Waals surface area contributed by atoms with E-state index < -0.39 is 6.10 Å². The van der Waals surface area contributed by atoms with E-state index in [2.05, 4.69) is 15.5 Å². The molecule has 5 nitrogen and oxygen atoms in total. The van der Waals surface area contributed by atoms with Crippen LogP contribution in [0.5, 0.6) is 0 Å². The normalized spacial score (nSPS) is 13.6. The van der Waals surface area contributed by atoms with Crippen LogP contribution in [-0.2, 0) is 11.2 Å². The highest BCUT2D eigenvalue weighted by Crippen LogP contribution is 2.18.